The molecule has 0 saturated heterocycles. The highest BCUT2D eigenvalue weighted by atomic mass is 14.2. The van der Waals surface area contributed by atoms with Crippen LogP contribution in [0.25, 0.3) is 0 Å². The van der Waals surface area contributed by atoms with Gasteiger partial charge < -0.3 is 0 Å². The molecule has 1 saturated carbocycles. The summed E-state index contributed by atoms with van der Waals surface area (Å²) in [5, 5.41) is 0. The van der Waals surface area contributed by atoms with Crippen LogP contribution in [0.4, 0.5) is 0 Å². The summed E-state index contributed by atoms with van der Waals surface area (Å²) in [6.45, 7) is 2.06. The van der Waals surface area contributed by atoms with Gasteiger partial charge in [-0.3, -0.25) is 0 Å². The molecule has 0 N–H and O–H groups in total. The third kappa shape index (κ3) is 0.852. The fourth-order valence-corrected chi connectivity index (χ4v) is 0.475. The maximum atomic E-state index is 2.19. The van der Waals surface area contributed by atoms with E-state index in [-0.39, 0.29) is 0 Å². The van der Waals surface area contributed by atoms with Crippen molar-refractivity contribution in [1.82, 2.24) is 0 Å². The van der Waals surface area contributed by atoms with Gasteiger partial charge in [0, 0.05) is 0 Å². The van der Waals surface area contributed by atoms with Gasteiger partial charge in [0.05, 0.1) is 0 Å². The second-order valence-corrected chi connectivity index (χ2v) is 1.66. The van der Waals surface area contributed by atoms with Gasteiger partial charge >= 0.3 is 0 Å². The van der Waals surface area contributed by atoms with Gasteiger partial charge in [-0.25, -0.2) is 0 Å². The van der Waals surface area contributed by atoms with E-state index in [4.69, 9.17) is 0 Å². The van der Waals surface area contributed by atoms with Crippen molar-refractivity contribution in [3.8, 4) is 0 Å². The molecule has 0 spiro atoms. The molecule has 0 atom stereocenters. The molecule has 0 nitrogen and oxygen atoms in total. The molecule has 0 aromatic heterocycles. The van der Waals surface area contributed by atoms with Crippen LogP contribution in [0.1, 0.15) is 19.8 Å². The number of hydrogen-bond donors (Lipinski definition) is 0. The highest BCUT2D eigenvalue weighted by Crippen LogP contribution is 2.32. The summed E-state index contributed by atoms with van der Waals surface area (Å²) >= 11 is 0. The van der Waals surface area contributed by atoms with Gasteiger partial charge in [-0.15, -0.1) is 0 Å². The summed E-state index contributed by atoms with van der Waals surface area (Å²) in [5.41, 5.74) is 0. The Morgan fingerprint density at radius 2 is 2.17 bits per heavy atom. The lowest BCUT2D eigenvalue weighted by Crippen LogP contribution is -1.51. The van der Waals surface area contributed by atoms with Crippen molar-refractivity contribution in [1.29, 1.82) is 0 Å². The van der Waals surface area contributed by atoms with E-state index < -0.39 is 0 Å². The molecule has 1 rings (SSSR count). The van der Waals surface area contributed by atoms with Gasteiger partial charge in [0.2, 0.25) is 0 Å². The van der Waals surface area contributed by atoms with E-state index in [1.165, 1.54) is 12.8 Å². The Morgan fingerprint density at radius 1 is 1.50 bits per heavy atom. The largest absolute Gasteiger partial charge is 0.0911 e. The zero-order valence-corrected chi connectivity index (χ0v) is 4.07. The van der Waals surface area contributed by atoms with E-state index in [2.05, 4.69) is 19.1 Å². The van der Waals surface area contributed by atoms with Crippen molar-refractivity contribution in [2.75, 3.05) is 0 Å². The predicted molar refractivity (Wildman–Crippen MR) is 27.3 cm³/mol. The topological polar surface area (TPSA) is 0 Å². The van der Waals surface area contributed by atoms with Gasteiger partial charge in [0.25, 0.3) is 0 Å². The number of allylic oxidation sites excluding steroid dienone is 2. The molecule has 0 bridgehead atoms. The van der Waals surface area contributed by atoms with Gasteiger partial charge in [-0.1, -0.05) is 12.2 Å². The molecule has 0 amide bonds. The van der Waals surface area contributed by atoms with Crippen molar-refractivity contribution in [3.05, 3.63) is 18.1 Å². The minimum Gasteiger partial charge on any atom is -0.0911 e. The molecule has 6 heavy (non-hydrogen) atoms. The van der Waals surface area contributed by atoms with Crippen molar-refractivity contribution >= 4 is 0 Å². The molecule has 1 fully saturated rings. The highest BCUT2D eigenvalue weighted by Gasteiger charge is 2.16. The van der Waals surface area contributed by atoms with Crippen LogP contribution in [-0.2, 0) is 0 Å². The Balaban J connectivity index is 2.15. The van der Waals surface area contributed by atoms with E-state index in [1.54, 1.807) is 5.92 Å². The monoisotopic (exact) mass is 81.1 g/mol. The zero-order chi connectivity index (χ0) is 4.41. The van der Waals surface area contributed by atoms with Crippen LogP contribution in [0.3, 0.4) is 0 Å². The van der Waals surface area contributed by atoms with Crippen LogP contribution in [-0.4, -0.2) is 0 Å². The summed E-state index contributed by atoms with van der Waals surface area (Å²) in [7, 11) is 0. The molecule has 0 heterocycles. The first kappa shape index (κ1) is 3.91. The first-order chi connectivity index (χ1) is 2.93. The van der Waals surface area contributed by atoms with E-state index in [9.17, 15) is 0 Å². The van der Waals surface area contributed by atoms with E-state index in [0.29, 0.717) is 0 Å². The lowest BCUT2D eigenvalue weighted by atomic mass is 10.4. The van der Waals surface area contributed by atoms with Crippen molar-refractivity contribution < 1.29 is 0 Å². The number of hydrogen-bond acceptors (Lipinski definition) is 0. The van der Waals surface area contributed by atoms with Crippen LogP contribution in [0.2, 0.25) is 0 Å². The third-order valence-electron chi connectivity index (χ3n) is 0.941. The van der Waals surface area contributed by atoms with Crippen LogP contribution >= 0.6 is 0 Å². The summed E-state index contributed by atoms with van der Waals surface area (Å²) in [5.74, 6) is 1.61. The Kier molecular flexibility index (Phi) is 0.952. The van der Waals surface area contributed by atoms with Crippen molar-refractivity contribution in [2.24, 2.45) is 0 Å². The van der Waals surface area contributed by atoms with Gasteiger partial charge in [0.15, 0.2) is 0 Å². The fourth-order valence-electron chi connectivity index (χ4n) is 0.475. The lowest BCUT2D eigenvalue weighted by Gasteiger charge is -1.68. The second-order valence-electron chi connectivity index (χ2n) is 1.66. The van der Waals surface area contributed by atoms with E-state index in [1.807, 2.05) is 0 Å². The molecular weight excluding hydrogens is 72.1 g/mol. The maximum absolute atomic E-state index is 2.19. The minimum atomic E-state index is 1.35. The fraction of sp³-hybridized carbons (Fsp3) is 0.500. The van der Waals surface area contributed by atoms with Crippen LogP contribution in [0, 0.1) is 5.92 Å². The van der Waals surface area contributed by atoms with Crippen LogP contribution < -0.4 is 0 Å². The summed E-state index contributed by atoms with van der Waals surface area (Å²) < 4.78 is 0. The average Bonchev–Trinajstić information content (AvgIpc) is 2.21. The summed E-state index contributed by atoms with van der Waals surface area (Å²) in [6.07, 6.45) is 7.00. The average molecular weight is 81.1 g/mol. The molecule has 0 aliphatic heterocycles. The third-order valence-corrected chi connectivity index (χ3v) is 0.941. The molecule has 0 heteroatoms. The molecule has 0 aromatic rings. The molecule has 1 aliphatic rings. The molecule has 0 aromatic carbocycles. The van der Waals surface area contributed by atoms with Gasteiger partial charge in [-0.2, -0.15) is 0 Å². The zero-order valence-electron chi connectivity index (χ0n) is 4.07. The minimum absolute atomic E-state index is 1.35. The molecule has 0 unspecified atom stereocenters. The van der Waals surface area contributed by atoms with Gasteiger partial charge in [-0.05, 0) is 25.7 Å². The second kappa shape index (κ2) is 1.46. The van der Waals surface area contributed by atoms with Crippen molar-refractivity contribution in [3.63, 3.8) is 0 Å². The normalized spacial score (nSPS) is 22.8. The Bertz CT molecular complexity index is 58.4. The first-order valence-corrected chi connectivity index (χ1v) is 2.41. The van der Waals surface area contributed by atoms with Crippen LogP contribution in [0.5, 0.6) is 0 Å². The molecule has 33 valence electrons. The van der Waals surface area contributed by atoms with Gasteiger partial charge in [0.1, 0.15) is 0 Å². The summed E-state index contributed by atoms with van der Waals surface area (Å²) in [6, 6.07) is 0. The maximum Gasteiger partial charge on any atom is -0.00268 e. The first-order valence-electron chi connectivity index (χ1n) is 2.41. The SMILES string of the molecule is CC=C[C]1CC1. The van der Waals surface area contributed by atoms with E-state index in [0.717, 1.165) is 0 Å². The smallest absolute Gasteiger partial charge is 0.00268 e. The van der Waals surface area contributed by atoms with Crippen molar-refractivity contribution in [2.45, 2.75) is 19.8 Å². The molecular formula is C6H9. The quantitative estimate of drug-likeness (QED) is 0.452. The van der Waals surface area contributed by atoms with Crippen LogP contribution in [0.15, 0.2) is 12.2 Å². The number of rotatable bonds is 1. The molecule has 1 radical (unpaired) electrons. The Labute approximate surface area is 38.9 Å². The predicted octanol–water partition coefficient (Wildman–Crippen LogP) is 1.93. The molecule has 1 aliphatic carbocycles. The lowest BCUT2D eigenvalue weighted by molar-refractivity contribution is 1.50. The Hall–Kier alpha value is -0.260. The Morgan fingerprint density at radius 3 is 2.33 bits per heavy atom. The summed E-state index contributed by atoms with van der Waals surface area (Å²) in [4.78, 5) is 0. The van der Waals surface area contributed by atoms with E-state index >= 15 is 0 Å². The highest BCUT2D eigenvalue weighted by molar-refractivity contribution is 5.20. The standard InChI is InChI=1S/C6H9/c1-2-3-6-4-5-6/h2-3H,4-5H2,1H3.